The number of carbonyl (C=O) groups excluding carboxylic acids is 2. The first-order valence-corrected chi connectivity index (χ1v) is 5.40. The summed E-state index contributed by atoms with van der Waals surface area (Å²) in [5.41, 5.74) is 3.48. The van der Waals surface area contributed by atoms with Crippen LogP contribution in [-0.2, 0) is 9.63 Å². The minimum atomic E-state index is -0.640. The summed E-state index contributed by atoms with van der Waals surface area (Å²) in [5.74, 6) is -0.983. The molecule has 0 fully saturated rings. The Labute approximate surface area is 108 Å². The number of rotatable bonds is 4. The highest BCUT2D eigenvalue weighted by atomic mass is 35.5. The second-order valence-corrected chi connectivity index (χ2v) is 3.73. The molecule has 1 aromatic carbocycles. The second-order valence-electron chi connectivity index (χ2n) is 3.08. The van der Waals surface area contributed by atoms with E-state index in [0.717, 1.165) is 5.54 Å². The molecule has 1 aromatic rings. The Balaban J connectivity index is 2.62. The smallest absolute Gasteiger partial charge is 0.338 e. The normalized spacial score (nSPS) is 10.9. The maximum absolute atomic E-state index is 11.5. The molecule has 0 saturated heterocycles. The number of benzene rings is 1. The van der Waals surface area contributed by atoms with Gasteiger partial charge in [-0.05, 0) is 24.3 Å². The molecule has 0 radical (unpaired) electrons. The highest BCUT2D eigenvalue weighted by Gasteiger charge is 2.09. The van der Waals surface area contributed by atoms with Gasteiger partial charge in [-0.3, -0.25) is 4.79 Å². The van der Waals surface area contributed by atoms with Crippen LogP contribution in [0.5, 0.6) is 0 Å². The number of hydroxylamine groups is 1. The molecule has 0 amide bonds. The molecule has 6 heteroatoms. The van der Waals surface area contributed by atoms with Crippen LogP contribution in [0.2, 0.25) is 5.02 Å². The molecule has 0 atom stereocenters. The molecule has 0 saturated carbocycles. The van der Waals surface area contributed by atoms with Crippen LogP contribution in [0.25, 0.3) is 0 Å². The molecular formula is C11H9Cl2NO3. The van der Waals surface area contributed by atoms with Gasteiger partial charge in [-0.25, -0.2) is 10.3 Å². The number of carbonyl (C=O) groups is 2. The molecule has 90 valence electrons. The number of allylic oxidation sites excluding steroid dienone is 1. The van der Waals surface area contributed by atoms with E-state index in [1.54, 1.807) is 12.1 Å². The Kier molecular flexibility index (Phi) is 5.00. The zero-order valence-corrected chi connectivity index (χ0v) is 10.4. The van der Waals surface area contributed by atoms with Gasteiger partial charge in [0.05, 0.1) is 5.56 Å². The van der Waals surface area contributed by atoms with Crippen molar-refractivity contribution < 1.29 is 14.4 Å². The molecular weight excluding hydrogens is 265 g/mol. The van der Waals surface area contributed by atoms with Crippen molar-refractivity contribution in [1.82, 2.24) is 5.48 Å². The fourth-order valence-electron chi connectivity index (χ4n) is 0.917. The summed E-state index contributed by atoms with van der Waals surface area (Å²) in [6.45, 7) is 1.29. The average molecular weight is 274 g/mol. The number of nitrogens with one attached hydrogen (secondary N) is 1. The van der Waals surface area contributed by atoms with Crippen LogP contribution >= 0.6 is 23.2 Å². The molecule has 4 nitrogen and oxygen atoms in total. The van der Waals surface area contributed by atoms with Gasteiger partial charge < -0.3 is 4.84 Å². The first kappa shape index (κ1) is 13.5. The van der Waals surface area contributed by atoms with Crippen molar-refractivity contribution in [1.29, 1.82) is 0 Å². The van der Waals surface area contributed by atoms with Crippen molar-refractivity contribution in [2.45, 2.75) is 6.92 Å². The second kappa shape index (κ2) is 6.27. The lowest BCUT2D eigenvalue weighted by Crippen LogP contribution is -2.22. The average Bonchev–Trinajstić information content (AvgIpc) is 2.30. The molecule has 17 heavy (non-hydrogen) atoms. The summed E-state index contributed by atoms with van der Waals surface area (Å²) >= 11 is 11.0. The van der Waals surface area contributed by atoms with E-state index in [4.69, 9.17) is 23.2 Å². The van der Waals surface area contributed by atoms with Crippen LogP contribution in [0.1, 0.15) is 17.3 Å². The number of hydrogen-bond acceptors (Lipinski definition) is 4. The SMILES string of the molecule is CC(=O)/C(=C\Cl)NOC(=O)c1ccc(Cl)cc1. The summed E-state index contributed by atoms with van der Waals surface area (Å²) in [5, 5.41) is 0.514. The number of ketones is 1. The molecule has 0 spiro atoms. The molecule has 1 N–H and O–H groups in total. The van der Waals surface area contributed by atoms with Gasteiger partial charge >= 0.3 is 5.97 Å². The Bertz CT molecular complexity index is 454. The van der Waals surface area contributed by atoms with E-state index in [2.05, 4.69) is 10.3 Å². The lowest BCUT2D eigenvalue weighted by Gasteiger charge is -2.07. The van der Waals surface area contributed by atoms with E-state index in [0.29, 0.717) is 10.6 Å². The first-order chi connectivity index (χ1) is 8.04. The van der Waals surface area contributed by atoms with Crippen molar-refractivity contribution in [2.24, 2.45) is 0 Å². The first-order valence-electron chi connectivity index (χ1n) is 4.58. The third-order valence-corrected chi connectivity index (χ3v) is 2.29. The lowest BCUT2D eigenvalue weighted by atomic mass is 10.2. The molecule has 0 bridgehead atoms. The number of halogens is 2. The van der Waals surface area contributed by atoms with Crippen LogP contribution in [0.15, 0.2) is 35.5 Å². The Morgan fingerprint density at radius 2 is 1.88 bits per heavy atom. The van der Waals surface area contributed by atoms with E-state index in [1.807, 2.05) is 0 Å². The van der Waals surface area contributed by atoms with Gasteiger partial charge in [0.1, 0.15) is 5.70 Å². The lowest BCUT2D eigenvalue weighted by molar-refractivity contribution is -0.114. The van der Waals surface area contributed by atoms with Crippen molar-refractivity contribution in [3.63, 3.8) is 0 Å². The van der Waals surface area contributed by atoms with E-state index in [9.17, 15) is 9.59 Å². The van der Waals surface area contributed by atoms with Gasteiger partial charge in [0.15, 0.2) is 5.78 Å². The minimum absolute atomic E-state index is 0.00557. The summed E-state index contributed by atoms with van der Waals surface area (Å²) < 4.78 is 0. The van der Waals surface area contributed by atoms with Crippen LogP contribution in [0.3, 0.4) is 0 Å². The van der Waals surface area contributed by atoms with Crippen LogP contribution in [-0.4, -0.2) is 11.8 Å². The third kappa shape index (κ3) is 4.09. The van der Waals surface area contributed by atoms with Gasteiger partial charge in [0.2, 0.25) is 0 Å². The van der Waals surface area contributed by atoms with Gasteiger partial charge in [0.25, 0.3) is 0 Å². The number of hydrogen-bond donors (Lipinski definition) is 1. The molecule has 1 rings (SSSR count). The molecule has 0 aliphatic heterocycles. The summed E-state index contributed by atoms with van der Waals surface area (Å²) in [6.07, 6.45) is 0. The third-order valence-electron chi connectivity index (χ3n) is 1.82. The van der Waals surface area contributed by atoms with E-state index < -0.39 is 5.97 Å². The van der Waals surface area contributed by atoms with E-state index in [1.165, 1.54) is 19.1 Å². The molecule has 0 aliphatic rings. The van der Waals surface area contributed by atoms with Crippen molar-refractivity contribution >= 4 is 35.0 Å². The van der Waals surface area contributed by atoms with E-state index in [-0.39, 0.29) is 11.5 Å². The van der Waals surface area contributed by atoms with Gasteiger partial charge in [-0.15, -0.1) is 0 Å². The predicted molar refractivity (Wildman–Crippen MR) is 64.6 cm³/mol. The molecule has 0 unspecified atom stereocenters. The zero-order valence-electron chi connectivity index (χ0n) is 8.87. The fraction of sp³-hybridized carbons (Fsp3) is 0.0909. The summed E-state index contributed by atoms with van der Waals surface area (Å²) in [7, 11) is 0. The Hall–Kier alpha value is -1.52. The standard InChI is InChI=1S/C11H9Cl2NO3/c1-7(15)10(6-12)14-17-11(16)8-2-4-9(13)5-3-8/h2-6,14H,1H3/b10-6+. The van der Waals surface area contributed by atoms with Gasteiger partial charge in [-0.2, -0.15) is 0 Å². The quantitative estimate of drug-likeness (QED) is 0.677. The largest absolute Gasteiger partial charge is 0.362 e. The van der Waals surface area contributed by atoms with Crippen molar-refractivity contribution in [3.05, 3.63) is 46.1 Å². The monoisotopic (exact) mass is 273 g/mol. The highest BCUT2D eigenvalue weighted by Crippen LogP contribution is 2.10. The molecule has 0 aliphatic carbocycles. The van der Waals surface area contributed by atoms with E-state index >= 15 is 0 Å². The molecule has 0 heterocycles. The van der Waals surface area contributed by atoms with Gasteiger partial charge in [-0.1, -0.05) is 23.2 Å². The van der Waals surface area contributed by atoms with Crippen molar-refractivity contribution in [2.75, 3.05) is 0 Å². The Morgan fingerprint density at radius 3 is 2.35 bits per heavy atom. The number of Topliss-reactive ketones (excluding diaryl/α,β-unsaturated/α-hetero) is 1. The summed E-state index contributed by atoms with van der Waals surface area (Å²) in [4.78, 5) is 27.1. The maximum atomic E-state index is 11.5. The van der Waals surface area contributed by atoms with Crippen molar-refractivity contribution in [3.8, 4) is 0 Å². The predicted octanol–water partition coefficient (Wildman–Crippen LogP) is 2.67. The minimum Gasteiger partial charge on any atom is -0.338 e. The zero-order chi connectivity index (χ0) is 12.8. The molecule has 0 aromatic heterocycles. The topological polar surface area (TPSA) is 55.4 Å². The van der Waals surface area contributed by atoms with Crippen LogP contribution < -0.4 is 5.48 Å². The van der Waals surface area contributed by atoms with Crippen LogP contribution in [0.4, 0.5) is 0 Å². The van der Waals surface area contributed by atoms with Crippen LogP contribution in [0, 0.1) is 0 Å². The maximum Gasteiger partial charge on any atom is 0.362 e. The Morgan fingerprint density at radius 1 is 1.29 bits per heavy atom. The highest BCUT2D eigenvalue weighted by molar-refractivity contribution is 6.30. The fourth-order valence-corrected chi connectivity index (χ4v) is 1.24. The van der Waals surface area contributed by atoms with Gasteiger partial charge in [0, 0.05) is 17.5 Å². The summed E-state index contributed by atoms with van der Waals surface area (Å²) in [6, 6.07) is 6.12.